The van der Waals surface area contributed by atoms with Gasteiger partial charge in [0.25, 0.3) is 5.56 Å². The Labute approximate surface area is 119 Å². The minimum Gasteiger partial charge on any atom is -0.496 e. The number of methoxy groups -OCH3 is 1. The number of nitrogens with zero attached hydrogens (tertiary/aromatic N) is 2. The van der Waals surface area contributed by atoms with Gasteiger partial charge in [0.1, 0.15) is 5.75 Å². The van der Waals surface area contributed by atoms with Gasteiger partial charge in [0, 0.05) is 15.2 Å². The van der Waals surface area contributed by atoms with Crippen LogP contribution in [0.5, 0.6) is 5.75 Å². The molecule has 0 amide bonds. The fraction of sp³-hybridized carbons (Fsp3) is 0.231. The molecule has 0 aliphatic rings. The zero-order chi connectivity index (χ0) is 13.1. The van der Waals surface area contributed by atoms with E-state index in [1.165, 1.54) is 4.68 Å². The lowest BCUT2D eigenvalue weighted by Gasteiger charge is -2.10. The van der Waals surface area contributed by atoms with Gasteiger partial charge in [-0.1, -0.05) is 17.7 Å². The van der Waals surface area contributed by atoms with Crippen molar-refractivity contribution in [2.24, 2.45) is 0 Å². The molecule has 0 aliphatic heterocycles. The summed E-state index contributed by atoms with van der Waals surface area (Å²) in [6, 6.07) is 7.45. The standard InChI is InChI=1S/C13H13IN2O2/c1-9-3-4-12(18-2)10(5-9)8-16-13(17)6-11(14)7-15-16/h3-7H,8H2,1-2H3. The second kappa shape index (κ2) is 5.51. The minimum atomic E-state index is -0.106. The van der Waals surface area contributed by atoms with Crippen molar-refractivity contribution in [1.29, 1.82) is 0 Å². The van der Waals surface area contributed by atoms with Crippen LogP contribution in [0.25, 0.3) is 0 Å². The van der Waals surface area contributed by atoms with E-state index in [0.29, 0.717) is 6.54 Å². The third-order valence-corrected chi connectivity index (χ3v) is 3.18. The van der Waals surface area contributed by atoms with Crippen LogP contribution in [0.1, 0.15) is 11.1 Å². The molecule has 2 rings (SSSR count). The molecule has 0 N–H and O–H groups in total. The first-order valence-electron chi connectivity index (χ1n) is 5.46. The van der Waals surface area contributed by atoms with Crippen LogP contribution in [0.15, 0.2) is 35.3 Å². The van der Waals surface area contributed by atoms with Gasteiger partial charge in [-0.15, -0.1) is 0 Å². The maximum Gasteiger partial charge on any atom is 0.268 e. The largest absolute Gasteiger partial charge is 0.496 e. The van der Waals surface area contributed by atoms with Gasteiger partial charge in [0.15, 0.2) is 0 Å². The van der Waals surface area contributed by atoms with E-state index >= 15 is 0 Å². The number of aryl methyl sites for hydroxylation is 1. The molecule has 5 heteroatoms. The smallest absolute Gasteiger partial charge is 0.268 e. The normalized spacial score (nSPS) is 10.4. The van der Waals surface area contributed by atoms with Crippen molar-refractivity contribution in [3.63, 3.8) is 0 Å². The summed E-state index contributed by atoms with van der Waals surface area (Å²) in [5.74, 6) is 0.771. The molecule has 0 saturated carbocycles. The van der Waals surface area contributed by atoms with Gasteiger partial charge >= 0.3 is 0 Å². The van der Waals surface area contributed by atoms with Crippen molar-refractivity contribution in [1.82, 2.24) is 9.78 Å². The molecule has 18 heavy (non-hydrogen) atoms. The van der Waals surface area contributed by atoms with E-state index in [1.807, 2.05) is 25.1 Å². The van der Waals surface area contributed by atoms with E-state index in [2.05, 4.69) is 27.7 Å². The molecule has 0 saturated heterocycles. The molecule has 0 bridgehead atoms. The Bertz CT molecular complexity index is 623. The molecule has 0 fully saturated rings. The van der Waals surface area contributed by atoms with Crippen LogP contribution in [0.3, 0.4) is 0 Å². The quantitative estimate of drug-likeness (QED) is 0.793. The van der Waals surface area contributed by atoms with Crippen LogP contribution >= 0.6 is 22.6 Å². The lowest BCUT2D eigenvalue weighted by molar-refractivity contribution is 0.406. The molecule has 0 atom stereocenters. The van der Waals surface area contributed by atoms with Gasteiger partial charge in [-0.05, 0) is 35.6 Å². The molecule has 2 aromatic rings. The first kappa shape index (κ1) is 13.1. The second-order valence-electron chi connectivity index (χ2n) is 3.98. The van der Waals surface area contributed by atoms with Crippen molar-refractivity contribution in [2.45, 2.75) is 13.5 Å². The van der Waals surface area contributed by atoms with Crippen molar-refractivity contribution in [3.8, 4) is 5.75 Å². The zero-order valence-corrected chi connectivity index (χ0v) is 12.3. The number of ether oxygens (including phenoxy) is 1. The summed E-state index contributed by atoms with van der Waals surface area (Å²) in [5, 5.41) is 4.12. The maximum atomic E-state index is 11.8. The molecular formula is C13H13IN2O2. The lowest BCUT2D eigenvalue weighted by atomic mass is 10.1. The topological polar surface area (TPSA) is 44.1 Å². The van der Waals surface area contributed by atoms with Gasteiger partial charge in [-0.3, -0.25) is 4.79 Å². The van der Waals surface area contributed by atoms with Crippen molar-refractivity contribution < 1.29 is 4.74 Å². The summed E-state index contributed by atoms with van der Waals surface area (Å²) in [4.78, 5) is 11.8. The number of benzene rings is 1. The number of rotatable bonds is 3. The van der Waals surface area contributed by atoms with Crippen molar-refractivity contribution in [3.05, 3.63) is 55.5 Å². The van der Waals surface area contributed by atoms with Crippen LogP contribution in [0.2, 0.25) is 0 Å². The number of hydrogen-bond acceptors (Lipinski definition) is 3. The summed E-state index contributed by atoms with van der Waals surface area (Å²) in [6.45, 7) is 2.42. The van der Waals surface area contributed by atoms with Gasteiger partial charge in [0.2, 0.25) is 0 Å². The Hall–Kier alpha value is -1.37. The number of halogens is 1. The molecule has 0 radical (unpaired) electrons. The van der Waals surface area contributed by atoms with Crippen LogP contribution < -0.4 is 10.3 Å². The van der Waals surface area contributed by atoms with Gasteiger partial charge in [0.05, 0.1) is 19.9 Å². The Balaban J connectivity index is 2.39. The zero-order valence-electron chi connectivity index (χ0n) is 10.2. The second-order valence-corrected chi connectivity index (χ2v) is 5.23. The lowest BCUT2D eigenvalue weighted by Crippen LogP contribution is -2.23. The van der Waals surface area contributed by atoms with E-state index in [4.69, 9.17) is 4.74 Å². The third kappa shape index (κ3) is 2.90. The van der Waals surface area contributed by atoms with E-state index < -0.39 is 0 Å². The first-order chi connectivity index (χ1) is 8.60. The van der Waals surface area contributed by atoms with Gasteiger partial charge in [-0.2, -0.15) is 5.10 Å². The summed E-state index contributed by atoms with van der Waals surface area (Å²) >= 11 is 2.07. The molecule has 94 valence electrons. The Morgan fingerprint density at radius 3 is 2.83 bits per heavy atom. The molecular weight excluding hydrogens is 343 g/mol. The first-order valence-corrected chi connectivity index (χ1v) is 6.54. The highest BCUT2D eigenvalue weighted by molar-refractivity contribution is 14.1. The maximum absolute atomic E-state index is 11.8. The van der Waals surface area contributed by atoms with Crippen LogP contribution in [0, 0.1) is 10.5 Å². The molecule has 1 aromatic heterocycles. The monoisotopic (exact) mass is 356 g/mol. The summed E-state index contributed by atoms with van der Waals surface area (Å²) in [6.07, 6.45) is 1.67. The van der Waals surface area contributed by atoms with Crippen LogP contribution in [-0.2, 0) is 6.54 Å². The fourth-order valence-corrected chi connectivity index (χ4v) is 2.11. The Morgan fingerprint density at radius 1 is 1.39 bits per heavy atom. The fourth-order valence-electron chi connectivity index (χ4n) is 1.72. The summed E-state index contributed by atoms with van der Waals surface area (Å²) in [5.41, 5.74) is 1.98. The summed E-state index contributed by atoms with van der Waals surface area (Å²) < 4.78 is 7.56. The molecule has 1 heterocycles. The molecule has 0 aliphatic carbocycles. The average molecular weight is 356 g/mol. The average Bonchev–Trinajstić information content (AvgIpc) is 2.33. The van der Waals surface area contributed by atoms with Crippen molar-refractivity contribution >= 4 is 22.6 Å². The predicted molar refractivity (Wildman–Crippen MR) is 78.0 cm³/mol. The molecule has 4 nitrogen and oxygen atoms in total. The minimum absolute atomic E-state index is 0.106. The number of hydrogen-bond donors (Lipinski definition) is 0. The van der Waals surface area contributed by atoms with Crippen LogP contribution in [-0.4, -0.2) is 16.9 Å². The van der Waals surface area contributed by atoms with E-state index in [9.17, 15) is 4.79 Å². The van der Waals surface area contributed by atoms with E-state index in [0.717, 1.165) is 20.4 Å². The Kier molecular flexibility index (Phi) is 4.00. The number of aromatic nitrogens is 2. The highest BCUT2D eigenvalue weighted by Gasteiger charge is 2.06. The molecule has 0 unspecified atom stereocenters. The molecule has 1 aromatic carbocycles. The Morgan fingerprint density at radius 2 is 2.17 bits per heavy atom. The van der Waals surface area contributed by atoms with Crippen LogP contribution in [0.4, 0.5) is 0 Å². The summed E-state index contributed by atoms with van der Waals surface area (Å²) in [7, 11) is 1.62. The third-order valence-electron chi connectivity index (χ3n) is 2.59. The van der Waals surface area contributed by atoms with Gasteiger partial charge < -0.3 is 4.74 Å². The molecule has 0 spiro atoms. The SMILES string of the molecule is COc1ccc(C)cc1Cn1ncc(I)cc1=O. The highest BCUT2D eigenvalue weighted by Crippen LogP contribution is 2.19. The predicted octanol–water partition coefficient (Wildman–Crippen LogP) is 2.21. The van der Waals surface area contributed by atoms with Crippen molar-refractivity contribution in [2.75, 3.05) is 7.11 Å². The highest BCUT2D eigenvalue weighted by atomic mass is 127. The van der Waals surface area contributed by atoms with E-state index in [1.54, 1.807) is 19.4 Å². The van der Waals surface area contributed by atoms with Gasteiger partial charge in [-0.25, -0.2) is 4.68 Å². The van der Waals surface area contributed by atoms with E-state index in [-0.39, 0.29) is 5.56 Å².